The fraction of sp³-hybridized carbons (Fsp3) is 0.533. The molecular weight excluding hydrogens is 224 g/mol. The first-order valence-electron chi connectivity index (χ1n) is 6.86. The summed E-state index contributed by atoms with van der Waals surface area (Å²) in [6.07, 6.45) is 4.72. The lowest BCUT2D eigenvalue weighted by Gasteiger charge is -2.36. The van der Waals surface area contributed by atoms with Gasteiger partial charge in [-0.15, -0.1) is 0 Å². The summed E-state index contributed by atoms with van der Waals surface area (Å²) in [7, 11) is 1.94. The Balaban J connectivity index is 2.03. The van der Waals surface area contributed by atoms with E-state index in [0.717, 1.165) is 31.5 Å². The van der Waals surface area contributed by atoms with Gasteiger partial charge in [-0.25, -0.2) is 0 Å². The summed E-state index contributed by atoms with van der Waals surface area (Å²) in [6, 6.07) is 8.17. The zero-order chi connectivity index (χ0) is 12.6. The van der Waals surface area contributed by atoms with Crippen molar-refractivity contribution in [3.63, 3.8) is 0 Å². The van der Waals surface area contributed by atoms with Crippen molar-refractivity contribution in [2.75, 3.05) is 20.1 Å². The van der Waals surface area contributed by atoms with Crippen LogP contribution < -0.4 is 5.32 Å². The van der Waals surface area contributed by atoms with Gasteiger partial charge in [0.25, 0.3) is 5.91 Å². The Kier molecular flexibility index (Phi) is 2.86. The number of hydrogen-bond acceptors (Lipinski definition) is 2. The maximum atomic E-state index is 12.6. The lowest BCUT2D eigenvalue weighted by atomic mass is 9.88. The molecule has 1 aromatic rings. The minimum atomic E-state index is 0.00449. The van der Waals surface area contributed by atoms with Gasteiger partial charge in [-0.05, 0) is 31.5 Å². The molecule has 1 N–H and O–H groups in total. The second-order valence-electron chi connectivity index (χ2n) is 5.34. The van der Waals surface area contributed by atoms with E-state index < -0.39 is 0 Å². The molecular formula is C15H20N2O. The van der Waals surface area contributed by atoms with Crippen molar-refractivity contribution in [3.05, 3.63) is 35.4 Å². The van der Waals surface area contributed by atoms with Crippen molar-refractivity contribution >= 4 is 5.91 Å². The second-order valence-corrected chi connectivity index (χ2v) is 5.34. The molecule has 1 aromatic carbocycles. The Bertz CT molecular complexity index is 463. The van der Waals surface area contributed by atoms with Crippen LogP contribution in [0, 0.1) is 0 Å². The maximum absolute atomic E-state index is 12.6. The fourth-order valence-corrected chi connectivity index (χ4v) is 3.60. The van der Waals surface area contributed by atoms with Crippen molar-refractivity contribution in [2.45, 2.75) is 31.2 Å². The summed E-state index contributed by atoms with van der Waals surface area (Å²) in [4.78, 5) is 14.7. The summed E-state index contributed by atoms with van der Waals surface area (Å²) in [5, 5.41) is 3.15. The number of benzene rings is 1. The standard InChI is InChI=1S/C15H20N2O/c1-16-10-11-17-14(18)12-6-2-3-7-13(12)15(17)8-4-5-9-15/h2-3,6-7,16H,4-5,8-11H2,1H3. The quantitative estimate of drug-likeness (QED) is 0.883. The Morgan fingerprint density at radius 1 is 1.28 bits per heavy atom. The Morgan fingerprint density at radius 3 is 2.72 bits per heavy atom. The normalized spacial score (nSPS) is 20.7. The second kappa shape index (κ2) is 4.39. The fourth-order valence-electron chi connectivity index (χ4n) is 3.60. The lowest BCUT2D eigenvalue weighted by molar-refractivity contribution is 0.0561. The minimum Gasteiger partial charge on any atom is -0.328 e. The number of rotatable bonds is 3. The maximum Gasteiger partial charge on any atom is 0.254 e. The van der Waals surface area contributed by atoms with Crippen molar-refractivity contribution in [1.82, 2.24) is 10.2 Å². The molecule has 3 nitrogen and oxygen atoms in total. The van der Waals surface area contributed by atoms with E-state index in [1.54, 1.807) is 0 Å². The molecule has 1 fully saturated rings. The number of nitrogens with one attached hydrogen (secondary N) is 1. The number of fused-ring (bicyclic) bond motifs is 2. The van der Waals surface area contributed by atoms with Crippen LogP contribution in [0.3, 0.4) is 0 Å². The van der Waals surface area contributed by atoms with E-state index in [1.165, 1.54) is 18.4 Å². The van der Waals surface area contributed by atoms with E-state index in [0.29, 0.717) is 0 Å². The predicted octanol–water partition coefficient (Wildman–Crippen LogP) is 2.13. The van der Waals surface area contributed by atoms with Gasteiger partial charge in [0, 0.05) is 18.7 Å². The highest BCUT2D eigenvalue weighted by Gasteiger charge is 2.50. The third-order valence-electron chi connectivity index (χ3n) is 4.44. The first-order chi connectivity index (χ1) is 8.79. The van der Waals surface area contributed by atoms with E-state index in [-0.39, 0.29) is 11.4 Å². The summed E-state index contributed by atoms with van der Waals surface area (Å²) in [6.45, 7) is 1.67. The van der Waals surface area contributed by atoms with E-state index in [4.69, 9.17) is 0 Å². The highest BCUT2D eigenvalue weighted by atomic mass is 16.2. The Labute approximate surface area is 108 Å². The van der Waals surface area contributed by atoms with Gasteiger partial charge in [0.1, 0.15) is 0 Å². The predicted molar refractivity (Wildman–Crippen MR) is 71.6 cm³/mol. The SMILES string of the molecule is CNCCN1C(=O)c2ccccc2C12CCCC2. The molecule has 1 heterocycles. The third kappa shape index (κ3) is 1.50. The van der Waals surface area contributed by atoms with Gasteiger partial charge in [-0.3, -0.25) is 4.79 Å². The molecule has 0 bridgehead atoms. The first kappa shape index (κ1) is 11.7. The zero-order valence-corrected chi connectivity index (χ0v) is 10.9. The lowest BCUT2D eigenvalue weighted by Crippen LogP contribution is -2.44. The molecule has 96 valence electrons. The molecule has 18 heavy (non-hydrogen) atoms. The van der Waals surface area contributed by atoms with Crippen LogP contribution in [0.25, 0.3) is 0 Å². The highest BCUT2D eigenvalue weighted by molar-refractivity contribution is 6.00. The van der Waals surface area contributed by atoms with Crippen LogP contribution in [0.15, 0.2) is 24.3 Å². The monoisotopic (exact) mass is 244 g/mol. The number of hydrogen-bond donors (Lipinski definition) is 1. The van der Waals surface area contributed by atoms with Crippen LogP contribution in [-0.2, 0) is 5.54 Å². The third-order valence-corrected chi connectivity index (χ3v) is 4.44. The van der Waals surface area contributed by atoms with Gasteiger partial charge in [-0.2, -0.15) is 0 Å². The molecule has 1 saturated carbocycles. The van der Waals surface area contributed by atoms with E-state index in [9.17, 15) is 4.79 Å². The topological polar surface area (TPSA) is 32.3 Å². The zero-order valence-electron chi connectivity index (χ0n) is 10.9. The number of carbonyl (C=O) groups is 1. The van der Waals surface area contributed by atoms with Gasteiger partial charge in [0.15, 0.2) is 0 Å². The van der Waals surface area contributed by atoms with E-state index in [2.05, 4.69) is 22.3 Å². The summed E-state index contributed by atoms with van der Waals surface area (Å²) in [5.41, 5.74) is 2.20. The molecule has 1 spiro atoms. The van der Waals surface area contributed by atoms with E-state index >= 15 is 0 Å². The van der Waals surface area contributed by atoms with E-state index in [1.807, 2.05) is 19.2 Å². The van der Waals surface area contributed by atoms with Gasteiger partial charge in [0.2, 0.25) is 0 Å². The van der Waals surface area contributed by atoms with Crippen LogP contribution in [0.4, 0.5) is 0 Å². The number of amides is 1. The molecule has 0 unspecified atom stereocenters. The average Bonchev–Trinajstić information content (AvgIpc) is 2.96. The van der Waals surface area contributed by atoms with Crippen LogP contribution in [0.5, 0.6) is 0 Å². The summed E-state index contributed by atoms with van der Waals surface area (Å²) in [5.74, 6) is 0.225. The van der Waals surface area contributed by atoms with Crippen molar-refractivity contribution in [1.29, 1.82) is 0 Å². The van der Waals surface area contributed by atoms with Crippen molar-refractivity contribution in [2.24, 2.45) is 0 Å². The molecule has 0 saturated heterocycles. The molecule has 1 amide bonds. The Hall–Kier alpha value is -1.35. The molecule has 0 atom stereocenters. The summed E-state index contributed by atoms with van der Waals surface area (Å²) < 4.78 is 0. The van der Waals surface area contributed by atoms with Crippen molar-refractivity contribution < 1.29 is 4.79 Å². The van der Waals surface area contributed by atoms with Gasteiger partial charge in [0.05, 0.1) is 5.54 Å². The summed E-state index contributed by atoms with van der Waals surface area (Å²) >= 11 is 0. The minimum absolute atomic E-state index is 0.00449. The van der Waals surface area contributed by atoms with Crippen LogP contribution in [0.2, 0.25) is 0 Å². The van der Waals surface area contributed by atoms with Gasteiger partial charge in [-0.1, -0.05) is 31.0 Å². The van der Waals surface area contributed by atoms with Gasteiger partial charge >= 0.3 is 0 Å². The number of likely N-dealkylation sites (N-methyl/N-ethyl adjacent to an activating group) is 1. The van der Waals surface area contributed by atoms with Crippen LogP contribution in [0.1, 0.15) is 41.6 Å². The van der Waals surface area contributed by atoms with Crippen molar-refractivity contribution in [3.8, 4) is 0 Å². The molecule has 3 heteroatoms. The molecule has 1 aliphatic heterocycles. The Morgan fingerprint density at radius 2 is 2.00 bits per heavy atom. The molecule has 0 radical (unpaired) electrons. The smallest absolute Gasteiger partial charge is 0.254 e. The molecule has 2 aliphatic rings. The molecule has 1 aliphatic carbocycles. The van der Waals surface area contributed by atoms with Crippen LogP contribution in [-0.4, -0.2) is 30.9 Å². The number of carbonyl (C=O) groups excluding carboxylic acids is 1. The number of nitrogens with zero attached hydrogens (tertiary/aromatic N) is 1. The van der Waals surface area contributed by atoms with Crippen LogP contribution >= 0.6 is 0 Å². The first-order valence-corrected chi connectivity index (χ1v) is 6.86. The average molecular weight is 244 g/mol. The molecule has 3 rings (SSSR count). The highest BCUT2D eigenvalue weighted by Crippen LogP contribution is 2.49. The largest absolute Gasteiger partial charge is 0.328 e. The van der Waals surface area contributed by atoms with Gasteiger partial charge < -0.3 is 10.2 Å². The molecule has 0 aromatic heterocycles.